The van der Waals surface area contributed by atoms with Crippen LogP contribution in [0.5, 0.6) is 0 Å². The molecule has 2 fully saturated rings. The summed E-state index contributed by atoms with van der Waals surface area (Å²) >= 11 is 0. The monoisotopic (exact) mass is 241 g/mol. The molecule has 0 N–H and O–H groups in total. The maximum Gasteiger partial charge on any atom is 0.328 e. The van der Waals surface area contributed by atoms with Crippen LogP contribution in [-0.2, 0) is 23.9 Å². The van der Waals surface area contributed by atoms with E-state index in [-0.39, 0.29) is 36.7 Å². The van der Waals surface area contributed by atoms with Gasteiger partial charge in [-0.05, 0) is 0 Å². The van der Waals surface area contributed by atoms with Gasteiger partial charge >= 0.3 is 5.97 Å². The van der Waals surface area contributed by atoms with Gasteiger partial charge in [-0.15, -0.1) is 0 Å². The Labute approximate surface area is 98.8 Å². The number of carbonyl (C=O) groups excluding carboxylic acids is 3. The molecule has 94 valence electrons. The van der Waals surface area contributed by atoms with Gasteiger partial charge in [0.15, 0.2) is 0 Å². The topological polar surface area (TPSA) is 72.9 Å². The Hall–Kier alpha value is -1.43. The van der Waals surface area contributed by atoms with Gasteiger partial charge in [0.2, 0.25) is 5.91 Å². The minimum atomic E-state index is -0.615. The Kier molecular flexibility index (Phi) is 3.15. The fraction of sp³-hybridized carbons (Fsp3) is 0.727. The Morgan fingerprint density at radius 1 is 1.35 bits per heavy atom. The second-order valence-electron chi connectivity index (χ2n) is 4.34. The summed E-state index contributed by atoms with van der Waals surface area (Å²) in [5.74, 6) is -0.845. The number of piperidine rings is 1. The number of fused-ring (bicyclic) bond motifs is 1. The third kappa shape index (κ3) is 1.93. The van der Waals surface area contributed by atoms with Crippen LogP contribution in [0.25, 0.3) is 0 Å². The quantitative estimate of drug-likeness (QED) is 0.481. The zero-order chi connectivity index (χ0) is 12.6. The summed E-state index contributed by atoms with van der Waals surface area (Å²) in [5.41, 5.74) is 0. The van der Waals surface area contributed by atoms with Crippen molar-refractivity contribution < 1.29 is 23.9 Å². The zero-order valence-electron chi connectivity index (χ0n) is 9.84. The van der Waals surface area contributed by atoms with Gasteiger partial charge in [0.25, 0.3) is 0 Å². The van der Waals surface area contributed by atoms with E-state index < -0.39 is 12.0 Å². The highest BCUT2D eigenvalue weighted by atomic mass is 16.5. The lowest BCUT2D eigenvalue weighted by Gasteiger charge is -2.33. The van der Waals surface area contributed by atoms with E-state index >= 15 is 0 Å². The summed E-state index contributed by atoms with van der Waals surface area (Å²) in [6.45, 7) is 0. The van der Waals surface area contributed by atoms with Crippen LogP contribution >= 0.6 is 0 Å². The molecule has 1 amide bonds. The number of amides is 1. The summed E-state index contributed by atoms with van der Waals surface area (Å²) < 4.78 is 9.93. The van der Waals surface area contributed by atoms with Crippen LogP contribution < -0.4 is 0 Å². The summed E-state index contributed by atoms with van der Waals surface area (Å²) in [7, 11) is 2.81. The second kappa shape index (κ2) is 4.44. The van der Waals surface area contributed by atoms with Crippen LogP contribution in [0.1, 0.15) is 19.3 Å². The van der Waals surface area contributed by atoms with Gasteiger partial charge in [-0.25, -0.2) is 4.79 Å². The van der Waals surface area contributed by atoms with Gasteiger partial charge < -0.3 is 14.4 Å². The van der Waals surface area contributed by atoms with Crippen molar-refractivity contribution in [2.24, 2.45) is 0 Å². The number of ketones is 1. The summed E-state index contributed by atoms with van der Waals surface area (Å²) in [6, 6.07) is -0.937. The van der Waals surface area contributed by atoms with Crippen molar-refractivity contribution in [3.8, 4) is 0 Å². The molecule has 2 saturated heterocycles. The molecule has 2 rings (SSSR count). The van der Waals surface area contributed by atoms with Gasteiger partial charge in [0.05, 0.1) is 25.7 Å². The van der Waals surface area contributed by atoms with Crippen molar-refractivity contribution in [2.45, 2.75) is 37.5 Å². The lowest BCUT2D eigenvalue weighted by Crippen LogP contribution is -2.51. The first-order chi connectivity index (χ1) is 8.08. The van der Waals surface area contributed by atoms with Crippen LogP contribution in [0.3, 0.4) is 0 Å². The number of ether oxygens (including phenoxy) is 2. The van der Waals surface area contributed by atoms with Crippen molar-refractivity contribution in [3.05, 3.63) is 0 Å². The van der Waals surface area contributed by atoms with E-state index in [1.165, 1.54) is 19.1 Å². The van der Waals surface area contributed by atoms with Crippen molar-refractivity contribution in [2.75, 3.05) is 14.2 Å². The predicted octanol–water partition coefficient (Wildman–Crippen LogP) is -0.493. The molecular formula is C11H15NO5. The molecule has 2 heterocycles. The molecular weight excluding hydrogens is 226 g/mol. The molecule has 6 heteroatoms. The second-order valence-corrected chi connectivity index (χ2v) is 4.34. The standard InChI is InChI=1S/C11H15NO5/c1-16-9-5-8(11(15)17-2)12-7(9)3-6(13)4-10(12)14/h7-9H,3-5H2,1-2H3/t7?,8-,9+/m0/s1. The van der Waals surface area contributed by atoms with E-state index in [0.29, 0.717) is 6.42 Å². The Morgan fingerprint density at radius 3 is 2.65 bits per heavy atom. The summed E-state index contributed by atoms with van der Waals surface area (Å²) in [4.78, 5) is 36.3. The third-order valence-corrected chi connectivity index (χ3v) is 3.43. The van der Waals surface area contributed by atoms with Gasteiger partial charge in [0, 0.05) is 20.0 Å². The number of hydrogen-bond donors (Lipinski definition) is 0. The first kappa shape index (κ1) is 12.0. The molecule has 0 saturated carbocycles. The molecule has 0 aromatic heterocycles. The van der Waals surface area contributed by atoms with E-state index in [0.717, 1.165) is 0 Å². The number of esters is 1. The molecule has 0 aromatic carbocycles. The summed E-state index contributed by atoms with van der Waals surface area (Å²) in [6.07, 6.45) is 0.262. The highest BCUT2D eigenvalue weighted by molar-refractivity contribution is 6.02. The van der Waals surface area contributed by atoms with Crippen LogP contribution in [0, 0.1) is 0 Å². The van der Waals surface area contributed by atoms with E-state index in [2.05, 4.69) is 4.74 Å². The van der Waals surface area contributed by atoms with E-state index in [1.807, 2.05) is 0 Å². The lowest BCUT2D eigenvalue weighted by atomic mass is 9.99. The average Bonchev–Trinajstić information content (AvgIpc) is 2.66. The number of rotatable bonds is 2. The SMILES string of the molecule is COC(=O)[C@@H]1C[C@@H](OC)C2CC(=O)CC(=O)N21. The van der Waals surface area contributed by atoms with Crippen molar-refractivity contribution >= 4 is 17.7 Å². The molecule has 2 aliphatic rings. The van der Waals surface area contributed by atoms with E-state index in [4.69, 9.17) is 4.74 Å². The first-order valence-electron chi connectivity index (χ1n) is 5.52. The number of Topliss-reactive ketones (excluding diaryl/α,β-unsaturated/α-hetero) is 1. The predicted molar refractivity (Wildman–Crippen MR) is 56.1 cm³/mol. The molecule has 3 atom stereocenters. The Bertz CT molecular complexity index is 367. The van der Waals surface area contributed by atoms with Crippen molar-refractivity contribution in [1.82, 2.24) is 4.90 Å². The Morgan fingerprint density at radius 2 is 2.06 bits per heavy atom. The molecule has 6 nitrogen and oxygen atoms in total. The van der Waals surface area contributed by atoms with Gasteiger partial charge in [-0.2, -0.15) is 0 Å². The maximum absolute atomic E-state index is 11.8. The highest BCUT2D eigenvalue weighted by Gasteiger charge is 2.50. The third-order valence-electron chi connectivity index (χ3n) is 3.43. The fourth-order valence-corrected chi connectivity index (χ4v) is 2.65. The van der Waals surface area contributed by atoms with E-state index in [1.54, 1.807) is 0 Å². The number of hydrogen-bond acceptors (Lipinski definition) is 5. The largest absolute Gasteiger partial charge is 0.467 e. The minimum absolute atomic E-state index is 0.0937. The normalized spacial score (nSPS) is 32.6. The van der Waals surface area contributed by atoms with Crippen LogP contribution in [0.4, 0.5) is 0 Å². The maximum atomic E-state index is 11.8. The molecule has 1 unspecified atom stereocenters. The van der Waals surface area contributed by atoms with Gasteiger partial charge in [-0.1, -0.05) is 0 Å². The molecule has 0 spiro atoms. The molecule has 0 aliphatic carbocycles. The van der Waals surface area contributed by atoms with Crippen molar-refractivity contribution in [3.63, 3.8) is 0 Å². The molecule has 0 radical (unpaired) electrons. The number of nitrogens with zero attached hydrogens (tertiary/aromatic N) is 1. The fourth-order valence-electron chi connectivity index (χ4n) is 2.65. The molecule has 2 aliphatic heterocycles. The van der Waals surface area contributed by atoms with Crippen LogP contribution in [0.2, 0.25) is 0 Å². The van der Waals surface area contributed by atoms with Crippen LogP contribution in [-0.4, -0.2) is 55.0 Å². The minimum Gasteiger partial charge on any atom is -0.467 e. The Balaban J connectivity index is 2.26. The smallest absolute Gasteiger partial charge is 0.328 e. The van der Waals surface area contributed by atoms with Crippen LogP contribution in [0.15, 0.2) is 0 Å². The highest BCUT2D eigenvalue weighted by Crippen LogP contribution is 2.33. The van der Waals surface area contributed by atoms with E-state index in [9.17, 15) is 14.4 Å². The average molecular weight is 241 g/mol. The first-order valence-corrected chi connectivity index (χ1v) is 5.52. The molecule has 17 heavy (non-hydrogen) atoms. The van der Waals surface area contributed by atoms with Crippen molar-refractivity contribution in [1.29, 1.82) is 0 Å². The molecule has 0 aromatic rings. The zero-order valence-corrected chi connectivity index (χ0v) is 9.84. The summed E-state index contributed by atoms with van der Waals surface area (Å²) in [5, 5.41) is 0. The lowest BCUT2D eigenvalue weighted by molar-refractivity contribution is -0.155. The molecule has 0 bridgehead atoms. The number of carbonyl (C=O) groups is 3. The number of methoxy groups -OCH3 is 2. The van der Waals surface area contributed by atoms with Gasteiger partial charge in [0.1, 0.15) is 11.8 Å². The van der Waals surface area contributed by atoms with Gasteiger partial charge in [-0.3, -0.25) is 9.59 Å².